The number of esters is 1. The van der Waals surface area contributed by atoms with Crippen molar-refractivity contribution in [1.29, 1.82) is 5.26 Å². The van der Waals surface area contributed by atoms with E-state index in [1.807, 2.05) is 0 Å². The number of rotatable bonds is 2. The van der Waals surface area contributed by atoms with Gasteiger partial charge in [0.25, 0.3) is 0 Å². The fraction of sp³-hybridized carbons (Fsp3) is 0.231. The van der Waals surface area contributed by atoms with Crippen LogP contribution in [-0.4, -0.2) is 18.2 Å². The van der Waals surface area contributed by atoms with E-state index >= 15 is 0 Å². The number of hydrogen-bond acceptors (Lipinski definition) is 4. The van der Waals surface area contributed by atoms with E-state index in [0.29, 0.717) is 16.7 Å². The molecule has 0 saturated heterocycles. The van der Waals surface area contributed by atoms with Crippen LogP contribution in [0.15, 0.2) is 17.7 Å². The Hall–Kier alpha value is -2.28. The van der Waals surface area contributed by atoms with Crippen molar-refractivity contribution in [2.75, 3.05) is 7.11 Å². The number of phenolic OH excluding ortho intramolecular Hbond substituents is 1. The number of aryl methyl sites for hydroxylation is 2. The topological polar surface area (TPSA) is 70.3 Å². The van der Waals surface area contributed by atoms with Gasteiger partial charge in [-0.2, -0.15) is 5.26 Å². The first-order valence-electron chi connectivity index (χ1n) is 5.00. The maximum Gasteiger partial charge on any atom is 0.348 e. The lowest BCUT2D eigenvalue weighted by Crippen LogP contribution is -2.02. The highest BCUT2D eigenvalue weighted by Gasteiger charge is 2.09. The van der Waals surface area contributed by atoms with Crippen molar-refractivity contribution in [3.8, 4) is 11.8 Å². The highest BCUT2D eigenvalue weighted by molar-refractivity contribution is 5.97. The van der Waals surface area contributed by atoms with Crippen molar-refractivity contribution >= 4 is 12.0 Å². The Morgan fingerprint density at radius 2 is 1.94 bits per heavy atom. The van der Waals surface area contributed by atoms with Gasteiger partial charge in [-0.15, -0.1) is 0 Å². The van der Waals surface area contributed by atoms with Crippen molar-refractivity contribution in [1.82, 2.24) is 0 Å². The van der Waals surface area contributed by atoms with Gasteiger partial charge in [0.1, 0.15) is 17.4 Å². The van der Waals surface area contributed by atoms with E-state index in [1.54, 1.807) is 32.0 Å². The van der Waals surface area contributed by atoms with Crippen LogP contribution in [0.1, 0.15) is 16.7 Å². The highest BCUT2D eigenvalue weighted by atomic mass is 16.5. The molecule has 1 aromatic rings. The standard InChI is InChI=1S/C13H13NO3/c1-8-4-10(5-9(2)12(8)15)6-11(7-14)13(16)17-3/h4-6,15H,1-3H3. The van der Waals surface area contributed by atoms with E-state index in [9.17, 15) is 9.90 Å². The minimum atomic E-state index is -0.670. The molecule has 0 aliphatic carbocycles. The van der Waals surface area contributed by atoms with Crippen molar-refractivity contribution < 1.29 is 14.6 Å². The van der Waals surface area contributed by atoms with Gasteiger partial charge >= 0.3 is 5.97 Å². The predicted octanol–water partition coefficient (Wildman–Crippen LogP) is 2.09. The molecule has 4 heteroatoms. The third kappa shape index (κ3) is 2.85. The van der Waals surface area contributed by atoms with Gasteiger partial charge in [0.2, 0.25) is 0 Å². The van der Waals surface area contributed by atoms with Gasteiger partial charge in [-0.3, -0.25) is 0 Å². The minimum Gasteiger partial charge on any atom is -0.507 e. The lowest BCUT2D eigenvalue weighted by Gasteiger charge is -2.05. The number of ether oxygens (including phenoxy) is 1. The fourth-order valence-corrected chi connectivity index (χ4v) is 1.49. The van der Waals surface area contributed by atoms with Crippen LogP contribution in [0.25, 0.3) is 6.08 Å². The summed E-state index contributed by atoms with van der Waals surface area (Å²) in [5, 5.41) is 18.4. The molecule has 0 aliphatic heterocycles. The first kappa shape index (κ1) is 12.8. The number of carbonyl (C=O) groups excluding carboxylic acids is 1. The number of nitrogens with zero attached hydrogens (tertiary/aromatic N) is 1. The summed E-state index contributed by atoms with van der Waals surface area (Å²) in [6.07, 6.45) is 1.44. The number of hydrogen-bond donors (Lipinski definition) is 1. The van der Waals surface area contributed by atoms with Gasteiger partial charge in [-0.1, -0.05) is 0 Å². The van der Waals surface area contributed by atoms with Crippen LogP contribution in [0.3, 0.4) is 0 Å². The molecule has 4 nitrogen and oxygen atoms in total. The van der Waals surface area contributed by atoms with Crippen LogP contribution in [0.2, 0.25) is 0 Å². The Labute approximate surface area is 99.8 Å². The Morgan fingerprint density at radius 3 is 2.35 bits per heavy atom. The molecule has 1 rings (SSSR count). The van der Waals surface area contributed by atoms with E-state index in [4.69, 9.17) is 5.26 Å². The van der Waals surface area contributed by atoms with Crippen LogP contribution in [-0.2, 0) is 9.53 Å². The smallest absolute Gasteiger partial charge is 0.348 e. The van der Waals surface area contributed by atoms with Gasteiger partial charge in [-0.25, -0.2) is 4.79 Å². The van der Waals surface area contributed by atoms with Crippen LogP contribution < -0.4 is 0 Å². The molecule has 17 heavy (non-hydrogen) atoms. The van der Waals surface area contributed by atoms with Gasteiger partial charge in [0, 0.05) is 0 Å². The van der Waals surface area contributed by atoms with E-state index in [-0.39, 0.29) is 11.3 Å². The molecule has 0 atom stereocenters. The summed E-state index contributed by atoms with van der Waals surface area (Å²) in [7, 11) is 1.22. The highest BCUT2D eigenvalue weighted by Crippen LogP contribution is 2.24. The average Bonchev–Trinajstić information content (AvgIpc) is 2.31. The number of benzene rings is 1. The zero-order chi connectivity index (χ0) is 13.0. The van der Waals surface area contributed by atoms with Crippen LogP contribution >= 0.6 is 0 Å². The summed E-state index contributed by atoms with van der Waals surface area (Å²) in [6.45, 7) is 3.51. The monoisotopic (exact) mass is 231 g/mol. The van der Waals surface area contributed by atoms with Crippen molar-refractivity contribution in [3.05, 3.63) is 34.4 Å². The first-order chi connectivity index (χ1) is 7.99. The summed E-state index contributed by atoms with van der Waals surface area (Å²) in [4.78, 5) is 11.2. The number of carbonyl (C=O) groups is 1. The SMILES string of the molecule is COC(=O)C(C#N)=Cc1cc(C)c(O)c(C)c1. The van der Waals surface area contributed by atoms with Gasteiger partial charge < -0.3 is 9.84 Å². The Morgan fingerprint density at radius 1 is 1.41 bits per heavy atom. The molecule has 88 valence electrons. The van der Waals surface area contributed by atoms with Gasteiger partial charge in [0.05, 0.1) is 7.11 Å². The zero-order valence-corrected chi connectivity index (χ0v) is 9.94. The molecular weight excluding hydrogens is 218 g/mol. The molecule has 1 N–H and O–H groups in total. The Bertz CT molecular complexity index is 501. The number of aromatic hydroxyl groups is 1. The fourth-order valence-electron chi connectivity index (χ4n) is 1.49. The second-order valence-electron chi connectivity index (χ2n) is 3.66. The van der Waals surface area contributed by atoms with Crippen LogP contribution in [0, 0.1) is 25.2 Å². The van der Waals surface area contributed by atoms with Crippen LogP contribution in [0.5, 0.6) is 5.75 Å². The molecule has 0 amide bonds. The van der Waals surface area contributed by atoms with E-state index in [2.05, 4.69) is 4.74 Å². The molecule has 0 bridgehead atoms. The third-order valence-electron chi connectivity index (χ3n) is 2.35. The molecule has 0 unspecified atom stereocenters. The molecule has 0 aliphatic rings. The summed E-state index contributed by atoms with van der Waals surface area (Å²) in [5.41, 5.74) is 1.99. The van der Waals surface area contributed by atoms with Crippen molar-refractivity contribution in [2.24, 2.45) is 0 Å². The molecular formula is C13H13NO3. The molecule has 1 aromatic carbocycles. The molecule has 0 heterocycles. The van der Waals surface area contributed by atoms with Gasteiger partial charge in [0.15, 0.2) is 0 Å². The maximum atomic E-state index is 11.2. The second kappa shape index (κ2) is 5.17. The second-order valence-corrected chi connectivity index (χ2v) is 3.66. The predicted molar refractivity (Wildman–Crippen MR) is 63.2 cm³/mol. The van der Waals surface area contributed by atoms with Crippen molar-refractivity contribution in [3.63, 3.8) is 0 Å². The minimum absolute atomic E-state index is 0.0722. The Kier molecular flexibility index (Phi) is 3.89. The molecule has 0 fully saturated rings. The molecule has 0 spiro atoms. The Balaban J connectivity index is 3.23. The summed E-state index contributed by atoms with van der Waals surface area (Å²) >= 11 is 0. The maximum absolute atomic E-state index is 11.2. The average molecular weight is 231 g/mol. The van der Waals surface area contributed by atoms with E-state index in [0.717, 1.165) is 0 Å². The number of methoxy groups -OCH3 is 1. The summed E-state index contributed by atoms with van der Waals surface area (Å²) in [5.74, 6) is -0.449. The third-order valence-corrected chi connectivity index (χ3v) is 2.35. The quantitative estimate of drug-likeness (QED) is 0.480. The number of phenols is 1. The lowest BCUT2D eigenvalue weighted by atomic mass is 10.0. The van der Waals surface area contributed by atoms with E-state index < -0.39 is 5.97 Å². The number of nitriles is 1. The summed E-state index contributed by atoms with van der Waals surface area (Å²) < 4.78 is 4.48. The molecule has 0 radical (unpaired) electrons. The molecule has 0 saturated carbocycles. The van der Waals surface area contributed by atoms with Gasteiger partial charge in [-0.05, 0) is 48.7 Å². The normalized spacial score (nSPS) is 10.8. The molecule has 0 aromatic heterocycles. The zero-order valence-electron chi connectivity index (χ0n) is 9.94. The lowest BCUT2D eigenvalue weighted by molar-refractivity contribution is -0.135. The first-order valence-corrected chi connectivity index (χ1v) is 5.00. The van der Waals surface area contributed by atoms with Crippen molar-refractivity contribution in [2.45, 2.75) is 13.8 Å². The van der Waals surface area contributed by atoms with E-state index in [1.165, 1.54) is 13.2 Å². The largest absolute Gasteiger partial charge is 0.507 e. The van der Waals surface area contributed by atoms with Crippen LogP contribution in [0.4, 0.5) is 0 Å². The summed E-state index contributed by atoms with van der Waals surface area (Å²) in [6, 6.07) is 5.17.